The predicted molar refractivity (Wildman–Crippen MR) is 77.9 cm³/mol. The molecule has 94 valence electrons. The molecule has 3 rings (SSSR count). The molecular weight excluding hydrogens is 256 g/mol. The molecule has 0 amide bonds. The first kappa shape index (κ1) is 11.8. The molecule has 2 nitrogen and oxygen atoms in total. The van der Waals surface area contributed by atoms with Crippen LogP contribution in [0.1, 0.15) is 0 Å². The Morgan fingerprint density at radius 1 is 0.737 bits per heavy atom. The summed E-state index contributed by atoms with van der Waals surface area (Å²) < 4.78 is 5.70. The van der Waals surface area contributed by atoms with Crippen molar-refractivity contribution in [2.24, 2.45) is 0 Å². The van der Waals surface area contributed by atoms with Crippen LogP contribution >= 0.6 is 11.3 Å². The number of aromatic hydroxyl groups is 1. The molecule has 1 heterocycles. The number of phenolic OH excluding ortho intramolecular Hbond substituents is 1. The number of benzene rings is 2. The molecule has 0 atom stereocenters. The van der Waals surface area contributed by atoms with Gasteiger partial charge in [-0.05, 0) is 64.4 Å². The molecule has 3 heteroatoms. The summed E-state index contributed by atoms with van der Waals surface area (Å²) in [7, 11) is 0. The van der Waals surface area contributed by atoms with Crippen LogP contribution in [0.25, 0.3) is 11.1 Å². The van der Waals surface area contributed by atoms with Gasteiger partial charge < -0.3 is 9.84 Å². The number of rotatable bonds is 3. The van der Waals surface area contributed by atoms with Gasteiger partial charge in [0, 0.05) is 0 Å². The predicted octanol–water partition coefficient (Wildman–Crippen LogP) is 4.91. The first-order valence-electron chi connectivity index (χ1n) is 5.91. The van der Waals surface area contributed by atoms with Crippen molar-refractivity contribution in [1.29, 1.82) is 0 Å². The average molecular weight is 268 g/mol. The van der Waals surface area contributed by atoms with Gasteiger partial charge in [0.05, 0.1) is 0 Å². The monoisotopic (exact) mass is 268 g/mol. The fraction of sp³-hybridized carbons (Fsp3) is 0. The van der Waals surface area contributed by atoms with E-state index in [-0.39, 0.29) is 5.75 Å². The molecule has 2 aromatic carbocycles. The van der Waals surface area contributed by atoms with Crippen molar-refractivity contribution in [2.75, 3.05) is 0 Å². The van der Waals surface area contributed by atoms with E-state index in [0.29, 0.717) is 5.75 Å². The van der Waals surface area contributed by atoms with Gasteiger partial charge in [0.25, 0.3) is 0 Å². The van der Waals surface area contributed by atoms with Crippen LogP contribution in [0.2, 0.25) is 0 Å². The van der Waals surface area contributed by atoms with E-state index in [1.165, 1.54) is 11.1 Å². The zero-order chi connectivity index (χ0) is 13.1. The molecule has 0 saturated carbocycles. The fourth-order valence-corrected chi connectivity index (χ4v) is 2.46. The first-order valence-corrected chi connectivity index (χ1v) is 6.85. The third-order valence-electron chi connectivity index (χ3n) is 2.78. The van der Waals surface area contributed by atoms with E-state index in [0.717, 1.165) is 5.75 Å². The molecule has 0 aliphatic carbocycles. The Labute approximate surface area is 115 Å². The average Bonchev–Trinajstić information content (AvgIpc) is 2.96. The molecule has 1 aromatic heterocycles. The summed E-state index contributed by atoms with van der Waals surface area (Å²) in [6.07, 6.45) is 0. The van der Waals surface area contributed by atoms with Crippen molar-refractivity contribution in [2.45, 2.75) is 0 Å². The van der Waals surface area contributed by atoms with Crippen LogP contribution in [-0.4, -0.2) is 5.11 Å². The lowest BCUT2D eigenvalue weighted by molar-refractivity contribution is 0.464. The highest BCUT2D eigenvalue weighted by Gasteiger charge is 2.00. The summed E-state index contributed by atoms with van der Waals surface area (Å²) in [4.78, 5) is 0. The second-order valence-corrected chi connectivity index (χ2v) is 4.91. The summed E-state index contributed by atoms with van der Waals surface area (Å²) in [6.45, 7) is 0. The Hall–Kier alpha value is -2.26. The second kappa shape index (κ2) is 5.16. The highest BCUT2D eigenvalue weighted by Crippen LogP contribution is 2.27. The minimum Gasteiger partial charge on any atom is -0.508 e. The van der Waals surface area contributed by atoms with Crippen LogP contribution in [-0.2, 0) is 0 Å². The highest BCUT2D eigenvalue weighted by molar-refractivity contribution is 7.08. The van der Waals surface area contributed by atoms with Gasteiger partial charge in [-0.25, -0.2) is 0 Å². The number of thiophene rings is 1. The van der Waals surface area contributed by atoms with E-state index in [4.69, 9.17) is 4.74 Å². The molecule has 0 aliphatic heterocycles. The summed E-state index contributed by atoms with van der Waals surface area (Å²) >= 11 is 1.69. The summed E-state index contributed by atoms with van der Waals surface area (Å²) in [5, 5.41) is 13.4. The Balaban J connectivity index is 1.77. The zero-order valence-electron chi connectivity index (χ0n) is 10.1. The Morgan fingerprint density at radius 2 is 1.37 bits per heavy atom. The molecule has 0 fully saturated rings. The topological polar surface area (TPSA) is 29.5 Å². The zero-order valence-corrected chi connectivity index (χ0v) is 10.9. The molecule has 3 aromatic rings. The van der Waals surface area contributed by atoms with Crippen molar-refractivity contribution < 1.29 is 9.84 Å². The van der Waals surface area contributed by atoms with Crippen LogP contribution in [0.15, 0.2) is 65.4 Å². The van der Waals surface area contributed by atoms with Gasteiger partial charge in [-0.3, -0.25) is 0 Å². The molecular formula is C16H12O2S. The second-order valence-electron chi connectivity index (χ2n) is 4.13. The number of phenols is 1. The van der Waals surface area contributed by atoms with Gasteiger partial charge in [0.15, 0.2) is 0 Å². The smallest absolute Gasteiger partial charge is 0.127 e. The number of hydrogen-bond acceptors (Lipinski definition) is 3. The lowest BCUT2D eigenvalue weighted by atomic mass is 10.1. The standard InChI is InChI=1S/C16H12O2S/c17-14-3-7-16(8-4-14)18-15-5-1-12(2-6-15)13-9-10-19-11-13/h1-11,17H. The van der Waals surface area contributed by atoms with Crippen LogP contribution in [0.4, 0.5) is 0 Å². The first-order chi connectivity index (χ1) is 9.31. The lowest BCUT2D eigenvalue weighted by Crippen LogP contribution is -1.83. The van der Waals surface area contributed by atoms with Crippen molar-refractivity contribution in [3.8, 4) is 28.4 Å². The SMILES string of the molecule is Oc1ccc(Oc2ccc(-c3ccsc3)cc2)cc1. The molecule has 0 saturated heterocycles. The van der Waals surface area contributed by atoms with E-state index < -0.39 is 0 Å². The number of hydrogen-bond donors (Lipinski definition) is 1. The quantitative estimate of drug-likeness (QED) is 0.731. The van der Waals surface area contributed by atoms with Gasteiger partial charge in [-0.15, -0.1) is 0 Å². The van der Waals surface area contributed by atoms with E-state index in [2.05, 4.69) is 16.8 Å². The van der Waals surface area contributed by atoms with Crippen LogP contribution in [0.3, 0.4) is 0 Å². The van der Waals surface area contributed by atoms with Crippen LogP contribution < -0.4 is 4.74 Å². The van der Waals surface area contributed by atoms with Crippen molar-refractivity contribution in [1.82, 2.24) is 0 Å². The Kier molecular flexibility index (Phi) is 3.21. The normalized spacial score (nSPS) is 10.3. The molecule has 0 radical (unpaired) electrons. The van der Waals surface area contributed by atoms with Crippen molar-refractivity contribution in [3.05, 3.63) is 65.4 Å². The van der Waals surface area contributed by atoms with Gasteiger partial charge in [-0.1, -0.05) is 12.1 Å². The molecule has 0 spiro atoms. The van der Waals surface area contributed by atoms with Gasteiger partial charge in [0.1, 0.15) is 17.2 Å². The third-order valence-corrected chi connectivity index (χ3v) is 3.46. The van der Waals surface area contributed by atoms with Crippen LogP contribution in [0.5, 0.6) is 17.2 Å². The van der Waals surface area contributed by atoms with E-state index in [1.54, 1.807) is 35.6 Å². The number of ether oxygens (including phenoxy) is 1. The van der Waals surface area contributed by atoms with Crippen molar-refractivity contribution in [3.63, 3.8) is 0 Å². The van der Waals surface area contributed by atoms with E-state index >= 15 is 0 Å². The molecule has 19 heavy (non-hydrogen) atoms. The van der Waals surface area contributed by atoms with E-state index in [9.17, 15) is 5.11 Å². The summed E-state index contributed by atoms with van der Waals surface area (Å²) in [5.74, 6) is 1.73. The van der Waals surface area contributed by atoms with E-state index in [1.807, 2.05) is 24.3 Å². The maximum absolute atomic E-state index is 9.21. The molecule has 0 aliphatic rings. The van der Waals surface area contributed by atoms with Crippen LogP contribution in [0, 0.1) is 0 Å². The maximum atomic E-state index is 9.21. The third kappa shape index (κ3) is 2.77. The van der Waals surface area contributed by atoms with Gasteiger partial charge in [0.2, 0.25) is 0 Å². The van der Waals surface area contributed by atoms with Crippen molar-refractivity contribution >= 4 is 11.3 Å². The fourth-order valence-electron chi connectivity index (χ4n) is 1.79. The molecule has 1 N–H and O–H groups in total. The highest BCUT2D eigenvalue weighted by atomic mass is 32.1. The van der Waals surface area contributed by atoms with Gasteiger partial charge in [-0.2, -0.15) is 11.3 Å². The molecule has 0 unspecified atom stereocenters. The maximum Gasteiger partial charge on any atom is 0.127 e. The minimum atomic E-state index is 0.236. The molecule has 0 bridgehead atoms. The van der Waals surface area contributed by atoms with Gasteiger partial charge >= 0.3 is 0 Å². The summed E-state index contributed by atoms with van der Waals surface area (Å²) in [6, 6.07) is 16.8. The lowest BCUT2D eigenvalue weighted by Gasteiger charge is -2.06. The Bertz CT molecular complexity index is 640. The summed E-state index contributed by atoms with van der Waals surface area (Å²) in [5.41, 5.74) is 2.40. The minimum absolute atomic E-state index is 0.236. The Morgan fingerprint density at radius 3 is 1.95 bits per heavy atom. The largest absolute Gasteiger partial charge is 0.508 e.